The molecule has 0 amide bonds. The fraction of sp³-hybridized carbons (Fsp3) is 0.182. The third-order valence-electron chi connectivity index (χ3n) is 1.63. The van der Waals surface area contributed by atoms with Gasteiger partial charge in [-0.3, -0.25) is 4.79 Å². The molecule has 66 valence electrons. The first-order chi connectivity index (χ1) is 6.25. The highest BCUT2D eigenvalue weighted by Gasteiger charge is 2.02. The Morgan fingerprint density at radius 1 is 1.46 bits per heavy atom. The average molecular weight is 173 g/mol. The van der Waals surface area contributed by atoms with Crippen LogP contribution < -0.4 is 5.73 Å². The van der Waals surface area contributed by atoms with E-state index in [0.717, 1.165) is 5.56 Å². The Morgan fingerprint density at radius 2 is 2.15 bits per heavy atom. The second kappa shape index (κ2) is 4.44. The van der Waals surface area contributed by atoms with Gasteiger partial charge in [0.05, 0.1) is 6.54 Å². The molecule has 0 aliphatic carbocycles. The summed E-state index contributed by atoms with van der Waals surface area (Å²) in [5.41, 5.74) is 6.65. The quantitative estimate of drug-likeness (QED) is 0.512. The van der Waals surface area contributed by atoms with E-state index in [2.05, 4.69) is 11.8 Å². The van der Waals surface area contributed by atoms with Crippen LogP contribution in [0.15, 0.2) is 24.3 Å². The summed E-state index contributed by atoms with van der Waals surface area (Å²) < 4.78 is 0. The van der Waals surface area contributed by atoms with Crippen molar-refractivity contribution >= 4 is 5.78 Å². The van der Waals surface area contributed by atoms with E-state index in [4.69, 9.17) is 5.73 Å². The van der Waals surface area contributed by atoms with E-state index < -0.39 is 0 Å². The first-order valence-electron chi connectivity index (χ1n) is 4.04. The Bertz CT molecular complexity index is 371. The number of benzene rings is 1. The predicted molar refractivity (Wildman–Crippen MR) is 52.4 cm³/mol. The fourth-order valence-electron chi connectivity index (χ4n) is 1.05. The second-order valence-corrected chi connectivity index (χ2v) is 2.61. The molecule has 0 aliphatic heterocycles. The topological polar surface area (TPSA) is 43.1 Å². The summed E-state index contributed by atoms with van der Waals surface area (Å²) in [6.45, 7) is 1.84. The van der Waals surface area contributed by atoms with Gasteiger partial charge in [-0.1, -0.05) is 30.0 Å². The van der Waals surface area contributed by atoms with Crippen LogP contribution in [0, 0.1) is 11.8 Å². The molecule has 0 bridgehead atoms. The molecule has 0 atom stereocenters. The molecule has 1 aromatic rings. The van der Waals surface area contributed by atoms with Crippen molar-refractivity contribution in [2.24, 2.45) is 5.73 Å². The zero-order chi connectivity index (χ0) is 9.68. The molecule has 1 aromatic carbocycles. The van der Waals surface area contributed by atoms with Gasteiger partial charge >= 0.3 is 0 Å². The molecule has 2 nitrogen and oxygen atoms in total. The molecule has 0 fully saturated rings. The normalized spacial score (nSPS) is 8.77. The molecule has 0 radical (unpaired) electrons. The molecule has 0 aliphatic rings. The van der Waals surface area contributed by atoms with Crippen molar-refractivity contribution in [2.45, 2.75) is 6.92 Å². The SMILES string of the molecule is CC(=O)c1ccccc1C#CCN. The molecule has 0 unspecified atom stereocenters. The standard InChI is InChI=1S/C11H11NO/c1-9(13)11-7-3-2-5-10(11)6-4-8-12/h2-3,5,7H,8,12H2,1H3. The van der Waals surface area contributed by atoms with Crippen molar-refractivity contribution in [1.29, 1.82) is 0 Å². The zero-order valence-electron chi connectivity index (χ0n) is 7.50. The van der Waals surface area contributed by atoms with Crippen molar-refractivity contribution in [2.75, 3.05) is 6.54 Å². The summed E-state index contributed by atoms with van der Waals surface area (Å²) in [5.74, 6) is 5.61. The van der Waals surface area contributed by atoms with Gasteiger partial charge in [0.15, 0.2) is 5.78 Å². The predicted octanol–water partition coefficient (Wildman–Crippen LogP) is 1.20. The highest BCUT2D eigenvalue weighted by atomic mass is 16.1. The smallest absolute Gasteiger partial charge is 0.161 e. The van der Waals surface area contributed by atoms with E-state index >= 15 is 0 Å². The summed E-state index contributed by atoms with van der Waals surface area (Å²) in [6.07, 6.45) is 0. The fourth-order valence-corrected chi connectivity index (χ4v) is 1.05. The largest absolute Gasteiger partial charge is 0.320 e. The minimum Gasteiger partial charge on any atom is -0.320 e. The molecule has 13 heavy (non-hydrogen) atoms. The van der Waals surface area contributed by atoms with Crippen molar-refractivity contribution in [3.63, 3.8) is 0 Å². The highest BCUT2D eigenvalue weighted by Crippen LogP contribution is 2.07. The molecule has 0 aromatic heterocycles. The third kappa shape index (κ3) is 2.43. The molecule has 0 saturated heterocycles. The van der Waals surface area contributed by atoms with E-state index in [1.165, 1.54) is 6.92 Å². The maximum absolute atomic E-state index is 11.1. The van der Waals surface area contributed by atoms with Crippen LogP contribution in [0.3, 0.4) is 0 Å². The Labute approximate surface area is 77.8 Å². The number of carbonyl (C=O) groups excluding carboxylic acids is 1. The molecular formula is C11H11NO. The van der Waals surface area contributed by atoms with Gasteiger partial charge in [-0.25, -0.2) is 0 Å². The number of carbonyl (C=O) groups is 1. The lowest BCUT2D eigenvalue weighted by molar-refractivity contribution is 0.101. The first-order valence-corrected chi connectivity index (χ1v) is 4.04. The van der Waals surface area contributed by atoms with Gasteiger partial charge < -0.3 is 5.73 Å². The van der Waals surface area contributed by atoms with Crippen LogP contribution >= 0.6 is 0 Å². The monoisotopic (exact) mass is 173 g/mol. The van der Waals surface area contributed by atoms with Crippen LogP contribution in [0.4, 0.5) is 0 Å². The number of hydrogen-bond acceptors (Lipinski definition) is 2. The lowest BCUT2D eigenvalue weighted by Gasteiger charge is -1.97. The lowest BCUT2D eigenvalue weighted by atomic mass is 10.1. The minimum absolute atomic E-state index is 0.0296. The molecule has 0 saturated carbocycles. The highest BCUT2D eigenvalue weighted by molar-refractivity contribution is 5.96. The van der Waals surface area contributed by atoms with Gasteiger partial charge in [0.25, 0.3) is 0 Å². The van der Waals surface area contributed by atoms with E-state index in [-0.39, 0.29) is 5.78 Å². The van der Waals surface area contributed by atoms with Crippen LogP contribution in [0.2, 0.25) is 0 Å². The molecule has 0 heterocycles. The van der Waals surface area contributed by atoms with Gasteiger partial charge in [0.1, 0.15) is 0 Å². The Hall–Kier alpha value is -1.59. The number of nitrogens with two attached hydrogens (primary N) is 1. The van der Waals surface area contributed by atoms with Crippen LogP contribution in [-0.2, 0) is 0 Å². The summed E-state index contributed by atoms with van der Waals surface area (Å²) >= 11 is 0. The summed E-state index contributed by atoms with van der Waals surface area (Å²) in [6, 6.07) is 7.26. The Morgan fingerprint density at radius 3 is 2.77 bits per heavy atom. The Balaban J connectivity index is 3.12. The van der Waals surface area contributed by atoms with Crippen LogP contribution in [0.1, 0.15) is 22.8 Å². The maximum Gasteiger partial charge on any atom is 0.161 e. The maximum atomic E-state index is 11.1. The first kappa shape index (κ1) is 9.50. The molecule has 0 spiro atoms. The van der Waals surface area contributed by atoms with Gasteiger partial charge in [0, 0.05) is 11.1 Å². The second-order valence-electron chi connectivity index (χ2n) is 2.61. The lowest BCUT2D eigenvalue weighted by Crippen LogP contribution is -1.97. The van der Waals surface area contributed by atoms with Gasteiger partial charge in [-0.2, -0.15) is 0 Å². The van der Waals surface area contributed by atoms with E-state index in [1.807, 2.05) is 18.2 Å². The van der Waals surface area contributed by atoms with Crippen molar-refractivity contribution in [3.05, 3.63) is 35.4 Å². The van der Waals surface area contributed by atoms with Crippen LogP contribution in [-0.4, -0.2) is 12.3 Å². The van der Waals surface area contributed by atoms with E-state index in [9.17, 15) is 4.79 Å². The molecule has 2 heteroatoms. The van der Waals surface area contributed by atoms with Gasteiger partial charge in [0.2, 0.25) is 0 Å². The zero-order valence-corrected chi connectivity index (χ0v) is 7.50. The summed E-state index contributed by atoms with van der Waals surface area (Å²) in [4.78, 5) is 11.1. The van der Waals surface area contributed by atoms with Gasteiger partial charge in [-0.05, 0) is 13.0 Å². The molecular weight excluding hydrogens is 162 g/mol. The van der Waals surface area contributed by atoms with Crippen molar-refractivity contribution < 1.29 is 4.79 Å². The number of rotatable bonds is 1. The summed E-state index contributed by atoms with van der Waals surface area (Å²) in [7, 11) is 0. The minimum atomic E-state index is 0.0296. The third-order valence-corrected chi connectivity index (χ3v) is 1.63. The number of hydrogen-bond donors (Lipinski definition) is 1. The van der Waals surface area contributed by atoms with Crippen LogP contribution in [0.25, 0.3) is 0 Å². The molecule has 2 N–H and O–H groups in total. The molecule has 1 rings (SSSR count). The van der Waals surface area contributed by atoms with Crippen molar-refractivity contribution in [1.82, 2.24) is 0 Å². The Kier molecular flexibility index (Phi) is 3.24. The number of ketones is 1. The average Bonchev–Trinajstić information content (AvgIpc) is 2.15. The van der Waals surface area contributed by atoms with Crippen LogP contribution in [0.5, 0.6) is 0 Å². The van der Waals surface area contributed by atoms with Crippen molar-refractivity contribution in [3.8, 4) is 11.8 Å². The van der Waals surface area contributed by atoms with E-state index in [1.54, 1.807) is 6.07 Å². The van der Waals surface area contributed by atoms with Gasteiger partial charge in [-0.15, -0.1) is 0 Å². The number of Topliss-reactive ketones (excluding diaryl/α,β-unsaturated/α-hetero) is 1. The summed E-state index contributed by atoms with van der Waals surface area (Å²) in [5, 5.41) is 0. The van der Waals surface area contributed by atoms with E-state index in [0.29, 0.717) is 12.1 Å².